The molecule has 8 heteroatoms. The number of halogens is 1. The predicted molar refractivity (Wildman–Crippen MR) is 104 cm³/mol. The lowest BCUT2D eigenvalue weighted by atomic mass is 9.83. The first-order chi connectivity index (χ1) is 12.7. The van der Waals surface area contributed by atoms with E-state index < -0.39 is 17.2 Å². The highest BCUT2D eigenvalue weighted by Gasteiger charge is 2.32. The molecule has 0 radical (unpaired) electrons. The molecule has 7 nitrogen and oxygen atoms in total. The Morgan fingerprint density at radius 3 is 2.70 bits per heavy atom. The van der Waals surface area contributed by atoms with Crippen molar-refractivity contribution in [3.8, 4) is 11.8 Å². The molecule has 1 heterocycles. The number of nitrogens with one attached hydrogen (secondary N) is 2. The number of hydrogen-bond acceptors (Lipinski definition) is 6. The van der Waals surface area contributed by atoms with Crippen LogP contribution in [0.3, 0.4) is 0 Å². The molecule has 1 aromatic heterocycles. The highest BCUT2D eigenvalue weighted by Crippen LogP contribution is 2.30. The van der Waals surface area contributed by atoms with E-state index in [4.69, 9.17) is 16.3 Å². The Bertz CT molecular complexity index is 744. The van der Waals surface area contributed by atoms with E-state index in [9.17, 15) is 9.59 Å². The Morgan fingerprint density at radius 1 is 1.37 bits per heavy atom. The number of hydrogen-bond donors (Lipinski definition) is 2. The summed E-state index contributed by atoms with van der Waals surface area (Å²) in [6, 6.07) is 0. The lowest BCUT2D eigenvalue weighted by Crippen LogP contribution is -2.42. The lowest BCUT2D eigenvalue weighted by Gasteiger charge is -2.33. The van der Waals surface area contributed by atoms with Gasteiger partial charge in [-0.1, -0.05) is 31.1 Å². The van der Waals surface area contributed by atoms with Crippen LogP contribution >= 0.6 is 11.6 Å². The van der Waals surface area contributed by atoms with E-state index >= 15 is 0 Å². The molecule has 1 aliphatic rings. The van der Waals surface area contributed by atoms with E-state index in [0.29, 0.717) is 11.4 Å². The molecule has 2 rings (SSSR count). The predicted octanol–water partition coefficient (Wildman–Crippen LogP) is 3.32. The molecule has 0 bridgehead atoms. The second-order valence-electron chi connectivity index (χ2n) is 7.52. The van der Waals surface area contributed by atoms with Gasteiger partial charge in [-0.05, 0) is 45.2 Å². The molecule has 0 spiro atoms. The number of aldehydes is 1. The van der Waals surface area contributed by atoms with E-state index in [-0.39, 0.29) is 11.8 Å². The third kappa shape index (κ3) is 6.72. The highest BCUT2D eigenvalue weighted by molar-refractivity contribution is 6.28. The molecule has 146 valence electrons. The van der Waals surface area contributed by atoms with Gasteiger partial charge in [-0.15, -0.1) is 0 Å². The van der Waals surface area contributed by atoms with Crippen molar-refractivity contribution in [1.29, 1.82) is 0 Å². The number of ether oxygens (including phenoxy) is 1. The third-order valence-electron chi connectivity index (χ3n) is 4.04. The molecule has 1 aromatic rings. The van der Waals surface area contributed by atoms with Crippen molar-refractivity contribution in [3.05, 3.63) is 17.0 Å². The van der Waals surface area contributed by atoms with Crippen molar-refractivity contribution in [3.63, 3.8) is 0 Å². The average Bonchev–Trinajstić information content (AvgIpc) is 2.59. The van der Waals surface area contributed by atoms with Gasteiger partial charge in [0.2, 0.25) is 5.28 Å². The van der Waals surface area contributed by atoms with E-state index in [1.807, 2.05) is 0 Å². The molecule has 0 atom stereocenters. The molecule has 2 N–H and O–H groups in total. The quantitative estimate of drug-likeness (QED) is 0.464. The molecule has 27 heavy (non-hydrogen) atoms. The van der Waals surface area contributed by atoms with Crippen LogP contribution in [-0.2, 0) is 9.53 Å². The molecular weight excluding hydrogens is 368 g/mol. The number of carbonyl (C=O) groups excluding carboxylic acids is 2. The third-order valence-corrected chi connectivity index (χ3v) is 4.22. The first-order valence-electron chi connectivity index (χ1n) is 8.96. The first kappa shape index (κ1) is 21.0. The topological polar surface area (TPSA) is 93.2 Å². The fourth-order valence-corrected chi connectivity index (χ4v) is 2.94. The SMILES string of the molecule is CC(C)(C)OC(=O)NCC#Cc1cnc(Cl)nc1NC1(C=O)CCCCC1. The maximum Gasteiger partial charge on any atom is 0.408 e. The molecular formula is C19H25ClN4O3. The minimum atomic E-state index is -0.652. The van der Waals surface area contributed by atoms with Crippen LogP contribution in [-0.4, -0.2) is 40.0 Å². The van der Waals surface area contributed by atoms with Gasteiger partial charge in [0.25, 0.3) is 0 Å². The van der Waals surface area contributed by atoms with Gasteiger partial charge in [-0.25, -0.2) is 9.78 Å². The van der Waals surface area contributed by atoms with Crippen LogP contribution in [0.4, 0.5) is 10.6 Å². The van der Waals surface area contributed by atoms with Crippen molar-refractivity contribution < 1.29 is 14.3 Å². The van der Waals surface area contributed by atoms with Crippen LogP contribution in [0.2, 0.25) is 5.28 Å². The standard InChI is InChI=1S/C19H25ClN4O3/c1-18(2,3)27-17(26)21-11-7-8-14-12-22-16(20)23-15(14)24-19(13-25)9-5-4-6-10-19/h12-13H,4-6,9-11H2,1-3H3,(H,21,26)(H,22,23,24). The second-order valence-corrected chi connectivity index (χ2v) is 7.86. The number of carbonyl (C=O) groups is 2. The summed E-state index contributed by atoms with van der Waals surface area (Å²) in [5, 5.41) is 5.85. The van der Waals surface area contributed by atoms with Crippen molar-refractivity contribution >= 4 is 29.8 Å². The Labute approximate surface area is 164 Å². The van der Waals surface area contributed by atoms with Gasteiger partial charge in [0, 0.05) is 6.20 Å². The van der Waals surface area contributed by atoms with Crippen LogP contribution in [0.15, 0.2) is 6.20 Å². The summed E-state index contributed by atoms with van der Waals surface area (Å²) in [6.45, 7) is 5.47. The van der Waals surface area contributed by atoms with Crippen molar-refractivity contribution in [2.45, 2.75) is 64.0 Å². The van der Waals surface area contributed by atoms with Crippen molar-refractivity contribution in [2.75, 3.05) is 11.9 Å². The smallest absolute Gasteiger partial charge is 0.408 e. The van der Waals surface area contributed by atoms with Crippen LogP contribution in [0.25, 0.3) is 0 Å². The second kappa shape index (κ2) is 9.05. The van der Waals surface area contributed by atoms with Gasteiger partial charge < -0.3 is 20.2 Å². The van der Waals surface area contributed by atoms with E-state index in [1.165, 1.54) is 6.20 Å². The number of aromatic nitrogens is 2. The average molecular weight is 393 g/mol. The van der Waals surface area contributed by atoms with Gasteiger partial charge in [-0.2, -0.15) is 4.98 Å². The molecule has 1 saturated carbocycles. The maximum absolute atomic E-state index is 11.7. The number of alkyl carbamates (subject to hydrolysis) is 1. The summed E-state index contributed by atoms with van der Waals surface area (Å²) in [7, 11) is 0. The summed E-state index contributed by atoms with van der Waals surface area (Å²) in [4.78, 5) is 31.5. The molecule has 0 aliphatic heterocycles. The summed E-state index contributed by atoms with van der Waals surface area (Å²) in [5.41, 5.74) is -0.708. The monoisotopic (exact) mass is 392 g/mol. The van der Waals surface area contributed by atoms with Gasteiger partial charge in [0.05, 0.1) is 17.6 Å². The summed E-state index contributed by atoms with van der Waals surface area (Å²) in [6.07, 6.45) is 6.46. The summed E-state index contributed by atoms with van der Waals surface area (Å²) in [5.74, 6) is 6.16. The van der Waals surface area contributed by atoms with Crippen molar-refractivity contribution in [2.24, 2.45) is 0 Å². The maximum atomic E-state index is 11.7. The Kier molecular flexibility index (Phi) is 7.03. The highest BCUT2D eigenvalue weighted by atomic mass is 35.5. The van der Waals surface area contributed by atoms with Gasteiger partial charge in [0.15, 0.2) is 0 Å². The van der Waals surface area contributed by atoms with Crippen LogP contribution < -0.4 is 10.6 Å². The van der Waals surface area contributed by atoms with E-state index in [2.05, 4.69) is 32.4 Å². The zero-order valence-electron chi connectivity index (χ0n) is 15.9. The minimum absolute atomic E-state index is 0.0757. The molecule has 0 aromatic carbocycles. The number of amides is 1. The summed E-state index contributed by atoms with van der Waals surface area (Å²) >= 11 is 5.92. The lowest BCUT2D eigenvalue weighted by molar-refractivity contribution is -0.112. The van der Waals surface area contributed by atoms with Crippen molar-refractivity contribution in [1.82, 2.24) is 15.3 Å². The van der Waals surface area contributed by atoms with Crippen LogP contribution in [0.5, 0.6) is 0 Å². The fraction of sp³-hybridized carbons (Fsp3) is 0.579. The van der Waals surface area contributed by atoms with Crippen LogP contribution in [0.1, 0.15) is 58.4 Å². The Hall–Kier alpha value is -2.33. The zero-order chi connectivity index (χ0) is 19.9. The minimum Gasteiger partial charge on any atom is -0.444 e. The zero-order valence-corrected chi connectivity index (χ0v) is 16.7. The number of nitrogens with zero attached hydrogens (tertiary/aromatic N) is 2. The summed E-state index contributed by atoms with van der Waals surface area (Å²) < 4.78 is 5.15. The normalized spacial score (nSPS) is 15.9. The Balaban J connectivity index is 2.08. The molecule has 1 fully saturated rings. The molecule has 1 amide bonds. The van der Waals surface area contributed by atoms with Gasteiger partial charge in [-0.3, -0.25) is 0 Å². The van der Waals surface area contributed by atoms with E-state index in [1.54, 1.807) is 20.8 Å². The molecule has 1 aliphatic carbocycles. The molecule has 0 saturated heterocycles. The van der Waals surface area contributed by atoms with Gasteiger partial charge >= 0.3 is 6.09 Å². The Morgan fingerprint density at radius 2 is 2.07 bits per heavy atom. The molecule has 0 unspecified atom stereocenters. The first-order valence-corrected chi connectivity index (χ1v) is 9.34. The van der Waals surface area contributed by atoms with E-state index in [0.717, 1.165) is 38.4 Å². The van der Waals surface area contributed by atoms with Crippen LogP contribution in [0, 0.1) is 11.8 Å². The largest absolute Gasteiger partial charge is 0.444 e. The number of rotatable bonds is 4. The van der Waals surface area contributed by atoms with Gasteiger partial charge in [0.1, 0.15) is 17.7 Å². The number of anilines is 1. The fourth-order valence-electron chi connectivity index (χ4n) is 2.81.